The molecule has 6 heteroatoms. The van der Waals surface area contributed by atoms with Crippen molar-refractivity contribution in [2.24, 2.45) is 0 Å². The summed E-state index contributed by atoms with van der Waals surface area (Å²) in [5.41, 5.74) is 0. The molecule has 1 amide bonds. The van der Waals surface area contributed by atoms with Crippen molar-refractivity contribution in [1.29, 1.82) is 0 Å². The van der Waals surface area contributed by atoms with E-state index in [4.69, 9.17) is 4.42 Å². The summed E-state index contributed by atoms with van der Waals surface area (Å²) >= 11 is 1.56. The number of amides is 1. The molecule has 0 aromatic carbocycles. The lowest BCUT2D eigenvalue weighted by molar-refractivity contribution is -0.115. The molecule has 0 aliphatic heterocycles. The van der Waals surface area contributed by atoms with Crippen LogP contribution in [0.5, 0.6) is 0 Å². The molecule has 1 aliphatic carbocycles. The van der Waals surface area contributed by atoms with Crippen LogP contribution in [-0.2, 0) is 11.2 Å². The summed E-state index contributed by atoms with van der Waals surface area (Å²) in [6.07, 6.45) is 6.27. The normalized spacial score (nSPS) is 16.2. The van der Waals surface area contributed by atoms with Gasteiger partial charge in [-0.25, -0.2) is 0 Å². The lowest BCUT2D eigenvalue weighted by Gasteiger charge is -2.17. The number of anilines is 1. The van der Waals surface area contributed by atoms with Gasteiger partial charge in [-0.15, -0.1) is 16.4 Å². The van der Waals surface area contributed by atoms with Crippen molar-refractivity contribution in [1.82, 2.24) is 10.2 Å². The highest BCUT2D eigenvalue weighted by atomic mass is 32.1. The molecule has 3 rings (SSSR count). The highest BCUT2D eigenvalue weighted by molar-refractivity contribution is 7.10. The Bertz CT molecular complexity index is 559. The van der Waals surface area contributed by atoms with Crippen LogP contribution in [0.1, 0.15) is 48.8 Å². The van der Waals surface area contributed by atoms with E-state index in [1.54, 1.807) is 11.3 Å². The first-order valence-electron chi connectivity index (χ1n) is 6.97. The molecule has 0 atom stereocenters. The zero-order valence-electron chi connectivity index (χ0n) is 11.2. The van der Waals surface area contributed by atoms with Crippen LogP contribution in [0, 0.1) is 0 Å². The Balaban J connectivity index is 1.57. The molecule has 0 spiro atoms. The van der Waals surface area contributed by atoms with Crippen molar-refractivity contribution in [3.05, 3.63) is 28.3 Å². The summed E-state index contributed by atoms with van der Waals surface area (Å²) in [7, 11) is 0. The number of rotatable bonds is 4. The zero-order valence-corrected chi connectivity index (χ0v) is 12.0. The third-order valence-corrected chi connectivity index (χ3v) is 4.43. The van der Waals surface area contributed by atoms with Crippen LogP contribution in [-0.4, -0.2) is 16.1 Å². The van der Waals surface area contributed by atoms with Crippen LogP contribution in [0.25, 0.3) is 0 Å². The lowest BCUT2D eigenvalue weighted by atomic mass is 9.89. The Kier molecular flexibility index (Phi) is 4.11. The Morgan fingerprint density at radius 3 is 2.95 bits per heavy atom. The summed E-state index contributed by atoms with van der Waals surface area (Å²) < 4.78 is 5.56. The Hall–Kier alpha value is -1.69. The summed E-state index contributed by atoms with van der Waals surface area (Å²) in [5, 5.41) is 12.6. The minimum absolute atomic E-state index is 0.119. The monoisotopic (exact) mass is 291 g/mol. The number of nitrogens with one attached hydrogen (secondary N) is 1. The van der Waals surface area contributed by atoms with Crippen LogP contribution in [0.15, 0.2) is 21.9 Å². The van der Waals surface area contributed by atoms with Gasteiger partial charge in [0.05, 0.1) is 6.42 Å². The third kappa shape index (κ3) is 3.25. The van der Waals surface area contributed by atoms with Crippen molar-refractivity contribution in [2.75, 3.05) is 5.32 Å². The molecule has 1 N–H and O–H groups in total. The smallest absolute Gasteiger partial charge is 0.322 e. The predicted octanol–water partition coefficient (Wildman–Crippen LogP) is 3.36. The summed E-state index contributed by atoms with van der Waals surface area (Å²) in [4.78, 5) is 12.9. The fourth-order valence-corrected chi connectivity index (χ4v) is 3.24. The second kappa shape index (κ2) is 6.17. The number of thiophene rings is 1. The van der Waals surface area contributed by atoms with Gasteiger partial charge in [-0.2, -0.15) is 0 Å². The molecule has 5 nitrogen and oxygen atoms in total. The van der Waals surface area contributed by atoms with Gasteiger partial charge in [0.15, 0.2) is 0 Å². The molecule has 0 bridgehead atoms. The van der Waals surface area contributed by atoms with Crippen molar-refractivity contribution < 1.29 is 9.21 Å². The van der Waals surface area contributed by atoms with Crippen LogP contribution in [0.2, 0.25) is 0 Å². The molecule has 2 heterocycles. The van der Waals surface area contributed by atoms with E-state index in [1.807, 2.05) is 17.5 Å². The number of nitrogens with zero attached hydrogens (tertiary/aromatic N) is 2. The van der Waals surface area contributed by atoms with Gasteiger partial charge in [0, 0.05) is 10.8 Å². The maximum atomic E-state index is 11.8. The standard InChI is InChI=1S/C14H17N3O2S/c18-12(9-11-7-4-8-20-11)15-14-17-16-13(19-14)10-5-2-1-3-6-10/h4,7-8,10H,1-3,5-6,9H2,(H,15,17,18). The fraction of sp³-hybridized carbons (Fsp3) is 0.500. The van der Waals surface area contributed by atoms with Gasteiger partial charge >= 0.3 is 6.01 Å². The van der Waals surface area contributed by atoms with E-state index in [9.17, 15) is 4.79 Å². The maximum Gasteiger partial charge on any atom is 0.322 e. The minimum Gasteiger partial charge on any atom is -0.408 e. The predicted molar refractivity (Wildman–Crippen MR) is 76.8 cm³/mol. The molecule has 106 valence electrons. The highest BCUT2D eigenvalue weighted by Gasteiger charge is 2.21. The van der Waals surface area contributed by atoms with Crippen molar-refractivity contribution >= 4 is 23.3 Å². The van der Waals surface area contributed by atoms with E-state index in [-0.39, 0.29) is 11.9 Å². The molecule has 2 aromatic heterocycles. The van der Waals surface area contributed by atoms with E-state index < -0.39 is 0 Å². The number of hydrogen-bond donors (Lipinski definition) is 1. The molecule has 0 unspecified atom stereocenters. The molecule has 0 radical (unpaired) electrons. The van der Waals surface area contributed by atoms with Crippen LogP contribution in [0.3, 0.4) is 0 Å². The Morgan fingerprint density at radius 2 is 2.20 bits per heavy atom. The summed E-state index contributed by atoms with van der Waals surface area (Å²) in [5.74, 6) is 0.904. The molecule has 0 saturated heterocycles. The number of aromatic nitrogens is 2. The SMILES string of the molecule is O=C(Cc1cccs1)Nc1nnc(C2CCCCC2)o1. The fourth-order valence-electron chi connectivity index (χ4n) is 2.53. The topological polar surface area (TPSA) is 68.0 Å². The van der Waals surface area contributed by atoms with Crippen molar-refractivity contribution in [2.45, 2.75) is 44.4 Å². The second-order valence-electron chi connectivity index (χ2n) is 5.08. The summed E-state index contributed by atoms with van der Waals surface area (Å²) in [6.45, 7) is 0. The summed E-state index contributed by atoms with van der Waals surface area (Å²) in [6, 6.07) is 4.08. The quantitative estimate of drug-likeness (QED) is 0.938. The average Bonchev–Trinajstić information content (AvgIpc) is 3.11. The first kappa shape index (κ1) is 13.3. The van der Waals surface area contributed by atoms with E-state index in [0.29, 0.717) is 18.2 Å². The average molecular weight is 291 g/mol. The molecular formula is C14H17N3O2S. The van der Waals surface area contributed by atoms with Crippen LogP contribution in [0.4, 0.5) is 6.01 Å². The minimum atomic E-state index is -0.119. The van der Waals surface area contributed by atoms with Gasteiger partial charge in [-0.05, 0) is 24.3 Å². The van der Waals surface area contributed by atoms with Gasteiger partial charge < -0.3 is 4.42 Å². The first-order valence-corrected chi connectivity index (χ1v) is 7.85. The Morgan fingerprint density at radius 1 is 1.35 bits per heavy atom. The van der Waals surface area contributed by atoms with Crippen LogP contribution >= 0.6 is 11.3 Å². The number of carbonyl (C=O) groups is 1. The van der Waals surface area contributed by atoms with Gasteiger partial charge in [0.2, 0.25) is 11.8 Å². The van der Waals surface area contributed by atoms with E-state index in [1.165, 1.54) is 19.3 Å². The largest absolute Gasteiger partial charge is 0.408 e. The van der Waals surface area contributed by atoms with Crippen molar-refractivity contribution in [3.63, 3.8) is 0 Å². The lowest BCUT2D eigenvalue weighted by Crippen LogP contribution is -2.13. The van der Waals surface area contributed by atoms with E-state index >= 15 is 0 Å². The van der Waals surface area contributed by atoms with Crippen LogP contribution < -0.4 is 5.32 Å². The Labute approximate surface area is 121 Å². The molecule has 1 saturated carbocycles. The second-order valence-corrected chi connectivity index (χ2v) is 6.12. The first-order chi connectivity index (χ1) is 9.81. The number of carbonyl (C=O) groups excluding carboxylic acids is 1. The molecular weight excluding hydrogens is 274 g/mol. The van der Waals surface area contributed by atoms with Gasteiger partial charge in [-0.3, -0.25) is 10.1 Å². The number of hydrogen-bond acceptors (Lipinski definition) is 5. The van der Waals surface area contributed by atoms with Gasteiger partial charge in [0.25, 0.3) is 0 Å². The third-order valence-electron chi connectivity index (χ3n) is 3.56. The highest BCUT2D eigenvalue weighted by Crippen LogP contribution is 2.32. The molecule has 1 fully saturated rings. The zero-order chi connectivity index (χ0) is 13.8. The molecule has 20 heavy (non-hydrogen) atoms. The molecule has 1 aliphatic rings. The van der Waals surface area contributed by atoms with E-state index in [0.717, 1.165) is 17.7 Å². The maximum absolute atomic E-state index is 11.8. The van der Waals surface area contributed by atoms with Crippen molar-refractivity contribution in [3.8, 4) is 0 Å². The van der Waals surface area contributed by atoms with E-state index in [2.05, 4.69) is 15.5 Å². The van der Waals surface area contributed by atoms with Gasteiger partial charge in [-0.1, -0.05) is 30.4 Å². The van der Waals surface area contributed by atoms with Gasteiger partial charge in [0.1, 0.15) is 0 Å². The molecule has 2 aromatic rings.